The molecule has 3 heterocycles. The van der Waals surface area contributed by atoms with Crippen LogP contribution in [0.2, 0.25) is 0 Å². The van der Waals surface area contributed by atoms with Crippen LogP contribution in [0.15, 0.2) is 41.8 Å². The van der Waals surface area contributed by atoms with Gasteiger partial charge in [-0.05, 0) is 55.5 Å². The second kappa shape index (κ2) is 11.5. The van der Waals surface area contributed by atoms with Crippen molar-refractivity contribution in [2.75, 3.05) is 56.2 Å². The van der Waals surface area contributed by atoms with Crippen LogP contribution >= 0.6 is 11.3 Å². The highest BCUT2D eigenvalue weighted by Crippen LogP contribution is 2.22. The minimum atomic E-state index is -0.493. The number of morpholine rings is 1. The third kappa shape index (κ3) is 5.95. The molecule has 2 saturated heterocycles. The summed E-state index contributed by atoms with van der Waals surface area (Å²) in [6, 6.07) is 11.1. The van der Waals surface area contributed by atoms with Gasteiger partial charge in [0, 0.05) is 42.4 Å². The number of benzene rings is 1. The van der Waals surface area contributed by atoms with Crippen LogP contribution in [-0.4, -0.2) is 79.5 Å². The van der Waals surface area contributed by atoms with Gasteiger partial charge in [-0.15, -0.1) is 11.3 Å². The molecular formula is C25H32N4O4S. The molecule has 1 aromatic carbocycles. The topological polar surface area (TPSA) is 82.2 Å². The Morgan fingerprint density at radius 1 is 1.12 bits per heavy atom. The van der Waals surface area contributed by atoms with E-state index >= 15 is 0 Å². The van der Waals surface area contributed by atoms with Crippen molar-refractivity contribution in [3.8, 4) is 0 Å². The smallest absolute Gasteiger partial charge is 0.245 e. The number of nitrogens with one attached hydrogen (secondary N) is 1. The van der Waals surface area contributed by atoms with Gasteiger partial charge in [-0.3, -0.25) is 14.4 Å². The molecule has 1 aromatic heterocycles. The van der Waals surface area contributed by atoms with Gasteiger partial charge in [0.25, 0.3) is 0 Å². The average Bonchev–Trinajstić information content (AvgIpc) is 3.55. The van der Waals surface area contributed by atoms with E-state index in [1.807, 2.05) is 48.7 Å². The standard InChI is InChI=1S/C25H32N4O4S/c1-2-27(25(32)22-6-3-11-29(22)24(31)17-21-5-4-16-34-21)18-23(30)26-19-7-9-20(10-8-19)28-12-14-33-15-13-28/h4-5,7-10,16,22H,2-3,6,11-15,17-18H2,1H3,(H,26,30). The van der Waals surface area contributed by atoms with E-state index < -0.39 is 6.04 Å². The fourth-order valence-electron chi connectivity index (χ4n) is 4.49. The number of nitrogens with zero attached hydrogens (tertiary/aromatic N) is 3. The lowest BCUT2D eigenvalue weighted by atomic mass is 10.1. The molecule has 0 bridgehead atoms. The van der Waals surface area contributed by atoms with E-state index in [1.54, 1.807) is 21.1 Å². The van der Waals surface area contributed by atoms with E-state index in [4.69, 9.17) is 4.74 Å². The van der Waals surface area contributed by atoms with Gasteiger partial charge in [0.05, 0.1) is 26.2 Å². The van der Waals surface area contributed by atoms with Crippen molar-refractivity contribution in [3.05, 3.63) is 46.7 Å². The number of rotatable bonds is 8. The van der Waals surface area contributed by atoms with Crippen molar-refractivity contribution < 1.29 is 19.1 Å². The zero-order valence-electron chi connectivity index (χ0n) is 19.6. The number of thiophene rings is 1. The van der Waals surface area contributed by atoms with E-state index in [1.165, 1.54) is 0 Å². The quantitative estimate of drug-likeness (QED) is 0.623. The van der Waals surface area contributed by atoms with Gasteiger partial charge in [0.1, 0.15) is 6.04 Å². The van der Waals surface area contributed by atoms with Crippen LogP contribution in [0.5, 0.6) is 0 Å². The minimum Gasteiger partial charge on any atom is -0.378 e. The molecule has 9 heteroatoms. The minimum absolute atomic E-state index is 0.0286. The van der Waals surface area contributed by atoms with Gasteiger partial charge in [0.2, 0.25) is 17.7 Å². The lowest BCUT2D eigenvalue weighted by Gasteiger charge is -2.29. The van der Waals surface area contributed by atoms with Crippen LogP contribution in [0, 0.1) is 0 Å². The Balaban J connectivity index is 1.32. The number of hydrogen-bond donors (Lipinski definition) is 1. The first-order valence-electron chi connectivity index (χ1n) is 11.9. The van der Waals surface area contributed by atoms with Crippen molar-refractivity contribution in [3.63, 3.8) is 0 Å². The Kier molecular flexibility index (Phi) is 8.18. The van der Waals surface area contributed by atoms with Crippen LogP contribution in [0.25, 0.3) is 0 Å². The molecule has 2 aliphatic heterocycles. The number of carbonyl (C=O) groups excluding carboxylic acids is 3. The molecule has 0 spiro atoms. The first-order chi connectivity index (χ1) is 16.5. The number of hydrogen-bond acceptors (Lipinski definition) is 6. The SMILES string of the molecule is CCN(CC(=O)Nc1ccc(N2CCOCC2)cc1)C(=O)C1CCCN1C(=O)Cc1cccs1. The maximum Gasteiger partial charge on any atom is 0.245 e. The second-order valence-electron chi connectivity index (χ2n) is 8.55. The molecule has 1 N–H and O–H groups in total. The van der Waals surface area contributed by atoms with Gasteiger partial charge in [-0.25, -0.2) is 0 Å². The molecular weight excluding hydrogens is 452 g/mol. The highest BCUT2D eigenvalue weighted by Gasteiger charge is 2.36. The predicted octanol–water partition coefficient (Wildman–Crippen LogP) is 2.61. The summed E-state index contributed by atoms with van der Waals surface area (Å²) in [7, 11) is 0. The van der Waals surface area contributed by atoms with E-state index in [0.717, 1.165) is 43.3 Å². The van der Waals surface area contributed by atoms with Crippen molar-refractivity contribution >= 4 is 40.4 Å². The van der Waals surface area contributed by atoms with E-state index in [9.17, 15) is 14.4 Å². The summed E-state index contributed by atoms with van der Waals surface area (Å²) in [5.41, 5.74) is 1.79. The van der Waals surface area contributed by atoms with Crippen molar-refractivity contribution in [2.45, 2.75) is 32.2 Å². The number of anilines is 2. The van der Waals surface area contributed by atoms with Gasteiger partial charge in [0.15, 0.2) is 0 Å². The van der Waals surface area contributed by atoms with Gasteiger partial charge >= 0.3 is 0 Å². The Morgan fingerprint density at radius 3 is 2.56 bits per heavy atom. The van der Waals surface area contributed by atoms with Gasteiger partial charge in [-0.2, -0.15) is 0 Å². The Hall–Kier alpha value is -2.91. The van der Waals surface area contributed by atoms with Crippen LogP contribution in [0.4, 0.5) is 11.4 Å². The van der Waals surface area contributed by atoms with E-state index in [2.05, 4.69) is 10.2 Å². The fourth-order valence-corrected chi connectivity index (χ4v) is 5.19. The van der Waals surface area contributed by atoms with Gasteiger partial charge < -0.3 is 24.8 Å². The number of likely N-dealkylation sites (tertiary alicyclic amines) is 1. The summed E-state index contributed by atoms with van der Waals surface area (Å²) in [6.45, 7) is 5.96. The number of likely N-dealkylation sites (N-methyl/N-ethyl adjacent to an activating group) is 1. The first-order valence-corrected chi connectivity index (χ1v) is 12.8. The summed E-state index contributed by atoms with van der Waals surface area (Å²) < 4.78 is 5.39. The molecule has 0 saturated carbocycles. The molecule has 2 fully saturated rings. The van der Waals surface area contributed by atoms with Crippen LogP contribution in [0.3, 0.4) is 0 Å². The van der Waals surface area contributed by atoms with Crippen LogP contribution in [-0.2, 0) is 25.5 Å². The van der Waals surface area contributed by atoms with E-state index in [-0.39, 0.29) is 24.3 Å². The maximum atomic E-state index is 13.2. The lowest BCUT2D eigenvalue weighted by molar-refractivity contribution is -0.144. The van der Waals surface area contributed by atoms with Gasteiger partial charge in [-0.1, -0.05) is 6.07 Å². The highest BCUT2D eigenvalue weighted by molar-refractivity contribution is 7.10. The van der Waals surface area contributed by atoms with E-state index in [0.29, 0.717) is 31.6 Å². The summed E-state index contributed by atoms with van der Waals surface area (Å²) in [5.74, 6) is -0.430. The Bertz CT molecular complexity index is 973. The summed E-state index contributed by atoms with van der Waals surface area (Å²) in [4.78, 5) is 45.2. The molecule has 1 atom stereocenters. The molecule has 0 radical (unpaired) electrons. The summed E-state index contributed by atoms with van der Waals surface area (Å²) >= 11 is 1.54. The maximum absolute atomic E-state index is 13.2. The Morgan fingerprint density at radius 2 is 1.88 bits per heavy atom. The molecule has 3 amide bonds. The third-order valence-electron chi connectivity index (χ3n) is 6.32. The fraction of sp³-hybridized carbons (Fsp3) is 0.480. The molecule has 34 heavy (non-hydrogen) atoms. The van der Waals surface area contributed by atoms with Crippen molar-refractivity contribution in [2.24, 2.45) is 0 Å². The molecule has 4 rings (SSSR count). The monoisotopic (exact) mass is 484 g/mol. The number of carbonyl (C=O) groups is 3. The van der Waals surface area contributed by atoms with Crippen molar-refractivity contribution in [1.82, 2.24) is 9.80 Å². The predicted molar refractivity (Wildman–Crippen MR) is 133 cm³/mol. The zero-order chi connectivity index (χ0) is 23.9. The molecule has 0 aliphatic carbocycles. The zero-order valence-corrected chi connectivity index (χ0v) is 20.4. The van der Waals surface area contributed by atoms with Crippen LogP contribution in [0.1, 0.15) is 24.6 Å². The Labute approximate surface area is 204 Å². The molecule has 1 unspecified atom stereocenters. The lowest BCUT2D eigenvalue weighted by Crippen LogP contribution is -2.50. The second-order valence-corrected chi connectivity index (χ2v) is 9.58. The number of amides is 3. The average molecular weight is 485 g/mol. The summed E-state index contributed by atoms with van der Waals surface area (Å²) in [5, 5.41) is 4.84. The van der Waals surface area contributed by atoms with Crippen molar-refractivity contribution in [1.29, 1.82) is 0 Å². The largest absolute Gasteiger partial charge is 0.378 e. The van der Waals surface area contributed by atoms with Crippen LogP contribution < -0.4 is 10.2 Å². The third-order valence-corrected chi connectivity index (χ3v) is 7.20. The molecule has 2 aliphatic rings. The highest BCUT2D eigenvalue weighted by atomic mass is 32.1. The molecule has 8 nitrogen and oxygen atoms in total. The first kappa shape index (κ1) is 24.2. The molecule has 2 aromatic rings. The number of ether oxygens (including phenoxy) is 1. The summed E-state index contributed by atoms with van der Waals surface area (Å²) in [6.07, 6.45) is 1.75. The normalized spacial score (nSPS) is 18.1. The molecule has 182 valence electrons.